The average Bonchev–Trinajstić information content (AvgIpc) is 3.80. The number of nitrogens with zero attached hydrogens (tertiary/aromatic N) is 4. The van der Waals surface area contributed by atoms with Crippen molar-refractivity contribution in [2.24, 2.45) is 5.92 Å². The Kier molecular flexibility index (Phi) is 20.4. The van der Waals surface area contributed by atoms with Gasteiger partial charge < -0.3 is 49.7 Å². The first-order valence-corrected chi connectivity index (χ1v) is 24.9. The number of ether oxygens (including phenoxy) is 3. The number of fused-ring (bicyclic) bond motifs is 2. The number of alkyl halides is 6. The Balaban J connectivity index is 0.000000302. The number of β-amino-alcohol motifs (C(OH)–C–C–N with tert-alkyl or cyclic N) is 1. The van der Waals surface area contributed by atoms with E-state index in [1.807, 2.05) is 70.9 Å². The number of carbonyl (C=O) groups excluding carboxylic acids is 5. The SMILES string of the molecule is C=CCOC(=O)N1CCN(C(=O)OC(C)(C)C)C[C@H]1C(=O)NCC(F)(F)F.O=C(N[C@H]1c2ccccc2OC[C@H]1O)[C@H](Cc1ccccc1)C[C@H](O)CN1CCN(Cc2cc3ccccc3o2)C[C@H]1C(=O)NCC(F)(F)F. The van der Waals surface area contributed by atoms with Crippen molar-refractivity contribution in [1.29, 1.82) is 0 Å². The first-order valence-electron chi connectivity index (χ1n) is 24.9. The number of piperazine rings is 2. The second kappa shape index (κ2) is 26.4. The molecule has 3 aliphatic heterocycles. The minimum atomic E-state index is -4.61. The number of furan rings is 1. The summed E-state index contributed by atoms with van der Waals surface area (Å²) in [5, 5.41) is 29.8. The average molecular weight is 1090 g/mol. The van der Waals surface area contributed by atoms with Gasteiger partial charge in [-0.3, -0.25) is 29.1 Å². The third kappa shape index (κ3) is 18.1. The number of aliphatic hydroxyl groups excluding tert-OH is 2. The second-order valence-corrected chi connectivity index (χ2v) is 19.8. The van der Waals surface area contributed by atoms with Crippen LogP contribution in [0, 0.1) is 5.92 Å². The van der Waals surface area contributed by atoms with Crippen molar-refractivity contribution in [2.75, 3.05) is 72.1 Å². The van der Waals surface area contributed by atoms with Crippen molar-refractivity contribution in [3.8, 4) is 5.75 Å². The molecular weight excluding hydrogens is 1020 g/mol. The van der Waals surface area contributed by atoms with Crippen molar-refractivity contribution in [3.63, 3.8) is 0 Å². The van der Waals surface area contributed by atoms with Gasteiger partial charge in [0.05, 0.1) is 25.2 Å². The van der Waals surface area contributed by atoms with Gasteiger partial charge in [0.25, 0.3) is 0 Å². The lowest BCUT2D eigenvalue weighted by atomic mass is 9.90. The first kappa shape index (κ1) is 59.4. The monoisotopic (exact) mass is 1090 g/mol. The zero-order valence-corrected chi connectivity index (χ0v) is 42.9. The smallest absolute Gasteiger partial charge is 0.410 e. The van der Waals surface area contributed by atoms with Crippen LogP contribution >= 0.6 is 0 Å². The van der Waals surface area contributed by atoms with Gasteiger partial charge >= 0.3 is 24.5 Å². The molecule has 5 N–H and O–H groups in total. The molecule has 420 valence electrons. The van der Waals surface area contributed by atoms with E-state index in [9.17, 15) is 60.5 Å². The van der Waals surface area contributed by atoms with Crippen LogP contribution in [0.1, 0.15) is 50.1 Å². The van der Waals surface area contributed by atoms with E-state index in [1.54, 1.807) is 55.3 Å². The summed E-state index contributed by atoms with van der Waals surface area (Å²) >= 11 is 0. The topological polar surface area (TPSA) is 216 Å². The molecular formula is C53H65F6N7O11. The Morgan fingerprint density at radius 3 is 2.13 bits per heavy atom. The molecule has 77 heavy (non-hydrogen) atoms. The van der Waals surface area contributed by atoms with Crippen LogP contribution in [-0.4, -0.2) is 174 Å². The zero-order chi connectivity index (χ0) is 56.1. The summed E-state index contributed by atoms with van der Waals surface area (Å²) in [5.74, 6) is -1.70. The molecule has 3 aliphatic rings. The number of rotatable bonds is 16. The molecule has 24 heteroatoms. The summed E-state index contributed by atoms with van der Waals surface area (Å²) < 4.78 is 98.0. The third-order valence-electron chi connectivity index (χ3n) is 12.6. The van der Waals surface area contributed by atoms with Crippen LogP contribution in [0.5, 0.6) is 5.75 Å². The van der Waals surface area contributed by atoms with Crippen LogP contribution in [0.4, 0.5) is 35.9 Å². The van der Waals surface area contributed by atoms with E-state index < -0.39 is 91.3 Å². The summed E-state index contributed by atoms with van der Waals surface area (Å²) in [5.41, 5.74) is 1.45. The van der Waals surface area contributed by atoms with E-state index in [0.29, 0.717) is 48.7 Å². The summed E-state index contributed by atoms with van der Waals surface area (Å²) in [6.45, 7) is 6.04. The molecule has 2 fully saturated rings. The van der Waals surface area contributed by atoms with E-state index in [0.717, 1.165) is 15.8 Å². The summed E-state index contributed by atoms with van der Waals surface area (Å²) in [6.07, 6.45) is -11.3. The van der Waals surface area contributed by atoms with Gasteiger partial charge in [0.2, 0.25) is 17.7 Å². The van der Waals surface area contributed by atoms with Crippen LogP contribution < -0.4 is 20.7 Å². The van der Waals surface area contributed by atoms with Crippen molar-refractivity contribution < 1.29 is 79.2 Å². The number of hydrogen-bond donors (Lipinski definition) is 5. The minimum absolute atomic E-state index is 0.00799. The number of amides is 5. The van der Waals surface area contributed by atoms with E-state index in [2.05, 4.69) is 11.9 Å². The van der Waals surface area contributed by atoms with Crippen molar-refractivity contribution >= 4 is 40.9 Å². The van der Waals surface area contributed by atoms with Crippen molar-refractivity contribution in [2.45, 2.75) is 88.4 Å². The van der Waals surface area contributed by atoms with Crippen molar-refractivity contribution in [3.05, 3.63) is 114 Å². The fraction of sp³-hybridized carbons (Fsp3) is 0.491. The van der Waals surface area contributed by atoms with E-state index in [4.69, 9.17) is 18.6 Å². The highest BCUT2D eigenvalue weighted by Gasteiger charge is 2.41. The van der Waals surface area contributed by atoms with Gasteiger partial charge in [0, 0.05) is 56.1 Å². The third-order valence-corrected chi connectivity index (χ3v) is 12.6. The Morgan fingerprint density at radius 1 is 0.818 bits per heavy atom. The molecule has 0 bridgehead atoms. The Labute approximate surface area is 441 Å². The van der Waals surface area contributed by atoms with Gasteiger partial charge in [-0.25, -0.2) is 9.59 Å². The number of nitrogens with one attached hydrogen (secondary N) is 3. The highest BCUT2D eigenvalue weighted by Crippen LogP contribution is 2.33. The van der Waals surface area contributed by atoms with Gasteiger partial charge in [0.1, 0.15) is 67.2 Å². The molecule has 4 aromatic rings. The van der Waals surface area contributed by atoms with Gasteiger partial charge in [-0.15, -0.1) is 0 Å². The van der Waals surface area contributed by atoms with Crippen LogP contribution in [0.2, 0.25) is 0 Å². The molecule has 0 radical (unpaired) electrons. The molecule has 18 nitrogen and oxygen atoms in total. The molecule has 7 rings (SSSR count). The highest BCUT2D eigenvalue weighted by molar-refractivity contribution is 5.87. The molecule has 0 saturated carbocycles. The number of aliphatic hydroxyl groups is 2. The van der Waals surface area contributed by atoms with Gasteiger partial charge in [0.15, 0.2) is 0 Å². The van der Waals surface area contributed by atoms with Crippen LogP contribution in [-0.2, 0) is 36.8 Å². The molecule has 6 atom stereocenters. The molecule has 1 aromatic heterocycles. The predicted molar refractivity (Wildman–Crippen MR) is 268 cm³/mol. The maximum absolute atomic E-state index is 13.9. The zero-order valence-electron chi connectivity index (χ0n) is 42.9. The fourth-order valence-electron chi connectivity index (χ4n) is 9.01. The van der Waals surface area contributed by atoms with Crippen molar-refractivity contribution in [1.82, 2.24) is 35.6 Å². The molecule has 0 aliphatic carbocycles. The Morgan fingerprint density at radius 2 is 1.47 bits per heavy atom. The van der Waals surface area contributed by atoms with Crippen LogP contribution in [0.15, 0.2) is 102 Å². The molecule has 4 heterocycles. The minimum Gasteiger partial charge on any atom is -0.490 e. The molecule has 5 amide bonds. The van der Waals surface area contributed by atoms with E-state index in [1.165, 1.54) is 11.0 Å². The standard InChI is InChI=1S/C37H41F3N4O6.C16H24F3N3O5/c38-37(39,40)23-41-36(48)30-21-43(20-28-18-25-10-4-6-12-32(25)50-28)14-15-44(30)19-27(45)17-26(16-24-8-2-1-3-9-24)35(47)42-34-29-11-5-7-13-33(29)49-22-31(34)46;1-5-8-26-14(25)22-7-6-21(13(24)27-15(2,3)4)9-11(22)12(23)20-10-16(17,18)19/h1-13,18,26-27,30-31,34,45-46H,14-17,19-23H2,(H,41,48)(H,42,47);5,11H,1,6-10H2,2-4H3,(H,20,23)/t26-,27+,30+,31-,34+;11-/m10/s1. The van der Waals surface area contributed by atoms with Gasteiger partial charge in [-0.05, 0) is 57.4 Å². The number of benzene rings is 3. The fourth-order valence-corrected chi connectivity index (χ4v) is 9.01. The first-order chi connectivity index (χ1) is 36.4. The predicted octanol–water partition coefficient (Wildman–Crippen LogP) is 5.73. The maximum Gasteiger partial charge on any atom is 0.410 e. The Hall–Kier alpha value is -6.89. The normalized spacial score (nSPS) is 20.0. The number of hydrogen-bond acceptors (Lipinski definition) is 13. The number of carbonyl (C=O) groups is 5. The summed E-state index contributed by atoms with van der Waals surface area (Å²) in [4.78, 5) is 69.4. The molecule has 2 saturated heterocycles. The van der Waals surface area contributed by atoms with Gasteiger partial charge in [-0.1, -0.05) is 79.4 Å². The number of halogens is 6. The quantitative estimate of drug-likeness (QED) is 0.0671. The molecule has 3 aromatic carbocycles. The Bertz CT molecular complexity index is 2600. The molecule has 0 spiro atoms. The van der Waals surface area contributed by atoms with E-state index >= 15 is 0 Å². The van der Waals surface area contributed by atoms with Crippen LogP contribution in [0.25, 0.3) is 11.0 Å². The lowest BCUT2D eigenvalue weighted by Gasteiger charge is -2.41. The highest BCUT2D eigenvalue weighted by atomic mass is 19.4. The second-order valence-electron chi connectivity index (χ2n) is 19.8. The summed E-state index contributed by atoms with van der Waals surface area (Å²) in [7, 11) is 0. The van der Waals surface area contributed by atoms with Gasteiger partial charge in [-0.2, -0.15) is 26.3 Å². The largest absolute Gasteiger partial charge is 0.490 e. The molecule has 0 unspecified atom stereocenters. The van der Waals surface area contributed by atoms with Crippen LogP contribution in [0.3, 0.4) is 0 Å². The van der Waals surface area contributed by atoms with E-state index in [-0.39, 0.29) is 58.3 Å². The maximum atomic E-state index is 13.9. The lowest BCUT2D eigenvalue weighted by molar-refractivity contribution is -0.143. The lowest BCUT2D eigenvalue weighted by Crippen LogP contribution is -2.62. The summed E-state index contributed by atoms with van der Waals surface area (Å²) in [6, 6.07) is 22.9. The number of para-hydroxylation sites is 2.